The van der Waals surface area contributed by atoms with Gasteiger partial charge in [0.05, 0.1) is 13.2 Å². The van der Waals surface area contributed by atoms with Gasteiger partial charge < -0.3 is 15.0 Å². The number of ether oxygens (including phenoxy) is 1. The monoisotopic (exact) mass is 346 g/mol. The minimum atomic E-state index is -1.02. The van der Waals surface area contributed by atoms with Crippen LogP contribution < -0.4 is 10.2 Å². The van der Waals surface area contributed by atoms with E-state index in [0.717, 1.165) is 49.7 Å². The first-order chi connectivity index (χ1) is 12.1. The van der Waals surface area contributed by atoms with Crippen molar-refractivity contribution in [3.05, 3.63) is 65.2 Å². The van der Waals surface area contributed by atoms with Gasteiger partial charge in [0.2, 0.25) is 0 Å². The molecule has 25 heavy (non-hydrogen) atoms. The number of morpholine rings is 1. The van der Waals surface area contributed by atoms with E-state index >= 15 is 0 Å². The molecule has 0 saturated carbocycles. The number of halogens is 2. The van der Waals surface area contributed by atoms with Crippen molar-refractivity contribution in [2.75, 3.05) is 37.7 Å². The fraction of sp³-hybridized carbons (Fsp3) is 0.316. The molecule has 0 unspecified atom stereocenters. The predicted octanol–water partition coefficient (Wildman–Crippen LogP) is 2.77. The van der Waals surface area contributed by atoms with Gasteiger partial charge in [-0.15, -0.1) is 0 Å². The zero-order valence-electron chi connectivity index (χ0n) is 13.8. The lowest BCUT2D eigenvalue weighted by molar-refractivity contribution is 0.0953. The van der Waals surface area contributed by atoms with Crippen molar-refractivity contribution in [3.63, 3.8) is 0 Å². The van der Waals surface area contributed by atoms with Gasteiger partial charge >= 0.3 is 0 Å². The lowest BCUT2D eigenvalue weighted by Crippen LogP contribution is -2.36. The van der Waals surface area contributed by atoms with E-state index in [2.05, 4.69) is 22.3 Å². The van der Waals surface area contributed by atoms with E-state index in [4.69, 9.17) is 4.74 Å². The molecule has 0 atom stereocenters. The Morgan fingerprint density at radius 1 is 1.04 bits per heavy atom. The van der Waals surface area contributed by atoms with Gasteiger partial charge in [-0.05, 0) is 42.3 Å². The molecule has 1 aliphatic heterocycles. The third-order valence-corrected chi connectivity index (χ3v) is 4.19. The Kier molecular flexibility index (Phi) is 5.60. The minimum Gasteiger partial charge on any atom is -0.378 e. The van der Waals surface area contributed by atoms with Crippen LogP contribution in [0, 0.1) is 11.6 Å². The summed E-state index contributed by atoms with van der Waals surface area (Å²) in [5.41, 5.74) is 2.38. The molecule has 1 amide bonds. The van der Waals surface area contributed by atoms with Crippen LogP contribution >= 0.6 is 0 Å². The Balaban J connectivity index is 1.49. The Bertz CT molecular complexity index is 729. The number of carbonyl (C=O) groups excluding carboxylic acids is 1. The molecular weight excluding hydrogens is 326 g/mol. The van der Waals surface area contributed by atoms with Crippen LogP contribution in [0.15, 0.2) is 42.5 Å². The van der Waals surface area contributed by atoms with Crippen molar-refractivity contribution >= 4 is 11.6 Å². The number of hydrogen-bond donors (Lipinski definition) is 1. The minimum absolute atomic E-state index is 0.113. The molecule has 0 aliphatic carbocycles. The van der Waals surface area contributed by atoms with E-state index in [0.29, 0.717) is 13.0 Å². The number of benzene rings is 2. The van der Waals surface area contributed by atoms with Gasteiger partial charge in [-0.25, -0.2) is 8.78 Å². The molecule has 0 aromatic heterocycles. The Morgan fingerprint density at radius 3 is 2.44 bits per heavy atom. The Morgan fingerprint density at radius 2 is 1.76 bits per heavy atom. The first-order valence-corrected chi connectivity index (χ1v) is 8.28. The summed E-state index contributed by atoms with van der Waals surface area (Å²) >= 11 is 0. The third kappa shape index (κ3) is 4.54. The van der Waals surface area contributed by atoms with Crippen LogP contribution in [0.25, 0.3) is 0 Å². The van der Waals surface area contributed by atoms with Crippen molar-refractivity contribution in [2.24, 2.45) is 0 Å². The molecule has 4 nitrogen and oxygen atoms in total. The first-order valence-electron chi connectivity index (χ1n) is 8.28. The second-order valence-electron chi connectivity index (χ2n) is 5.90. The number of amides is 1. The number of hydrogen-bond acceptors (Lipinski definition) is 3. The van der Waals surface area contributed by atoms with Crippen LogP contribution in [0.2, 0.25) is 0 Å². The summed E-state index contributed by atoms with van der Waals surface area (Å²) in [5, 5.41) is 2.72. The Labute approximate surface area is 145 Å². The van der Waals surface area contributed by atoms with Crippen LogP contribution in [-0.2, 0) is 11.2 Å². The van der Waals surface area contributed by atoms with E-state index in [9.17, 15) is 13.6 Å². The van der Waals surface area contributed by atoms with Crippen LogP contribution in [0.4, 0.5) is 14.5 Å². The van der Waals surface area contributed by atoms with Gasteiger partial charge in [-0.3, -0.25) is 4.79 Å². The lowest BCUT2D eigenvalue weighted by atomic mass is 10.1. The summed E-state index contributed by atoms with van der Waals surface area (Å²) in [5.74, 6) is -2.40. The maximum absolute atomic E-state index is 13.2. The van der Waals surface area contributed by atoms with Gasteiger partial charge in [0.25, 0.3) is 5.91 Å². The maximum Gasteiger partial charge on any atom is 0.251 e. The molecule has 6 heteroatoms. The van der Waals surface area contributed by atoms with Crippen molar-refractivity contribution in [1.29, 1.82) is 0 Å². The van der Waals surface area contributed by atoms with Gasteiger partial charge in [0.1, 0.15) is 0 Å². The molecule has 1 fully saturated rings. The molecule has 1 saturated heterocycles. The van der Waals surface area contributed by atoms with Crippen molar-refractivity contribution in [1.82, 2.24) is 5.32 Å². The van der Waals surface area contributed by atoms with E-state index in [-0.39, 0.29) is 5.56 Å². The van der Waals surface area contributed by atoms with E-state index in [1.165, 1.54) is 6.07 Å². The zero-order valence-corrected chi connectivity index (χ0v) is 13.8. The number of nitrogens with one attached hydrogen (secondary N) is 1. The molecule has 1 heterocycles. The van der Waals surface area contributed by atoms with Gasteiger partial charge in [-0.1, -0.05) is 12.1 Å². The topological polar surface area (TPSA) is 41.6 Å². The molecule has 0 spiro atoms. The molecule has 2 aromatic carbocycles. The van der Waals surface area contributed by atoms with E-state index in [1.807, 2.05) is 12.1 Å². The SMILES string of the molecule is O=C(NCCc1ccc(N2CCOCC2)cc1)c1ccc(F)c(F)c1. The summed E-state index contributed by atoms with van der Waals surface area (Å²) in [6, 6.07) is 11.3. The highest BCUT2D eigenvalue weighted by Crippen LogP contribution is 2.17. The van der Waals surface area contributed by atoms with Gasteiger partial charge in [0.15, 0.2) is 11.6 Å². The molecule has 1 N–H and O–H groups in total. The van der Waals surface area contributed by atoms with Crippen molar-refractivity contribution in [2.45, 2.75) is 6.42 Å². The molecular formula is C19H20F2N2O2. The number of nitrogens with zero attached hydrogens (tertiary/aromatic N) is 1. The Hall–Kier alpha value is -2.47. The fourth-order valence-electron chi connectivity index (χ4n) is 2.75. The summed E-state index contributed by atoms with van der Waals surface area (Å²) in [4.78, 5) is 14.2. The molecule has 132 valence electrons. The first kappa shape index (κ1) is 17.4. The predicted molar refractivity (Wildman–Crippen MR) is 91.9 cm³/mol. The summed E-state index contributed by atoms with van der Waals surface area (Å²) < 4.78 is 31.4. The number of rotatable bonds is 5. The van der Waals surface area contributed by atoms with Gasteiger partial charge in [0, 0.05) is 30.9 Å². The average molecular weight is 346 g/mol. The molecule has 3 rings (SSSR count). The smallest absolute Gasteiger partial charge is 0.251 e. The normalized spacial score (nSPS) is 14.4. The van der Waals surface area contributed by atoms with Crippen LogP contribution in [0.3, 0.4) is 0 Å². The third-order valence-electron chi connectivity index (χ3n) is 4.19. The number of carbonyl (C=O) groups is 1. The standard InChI is InChI=1S/C19H20F2N2O2/c20-17-6-3-15(13-18(17)21)19(24)22-8-7-14-1-4-16(5-2-14)23-9-11-25-12-10-23/h1-6,13H,7-12H2,(H,22,24). The fourth-order valence-corrected chi connectivity index (χ4v) is 2.75. The van der Waals surface area contributed by atoms with Crippen molar-refractivity contribution < 1.29 is 18.3 Å². The van der Waals surface area contributed by atoms with Gasteiger partial charge in [-0.2, -0.15) is 0 Å². The molecule has 1 aliphatic rings. The van der Waals surface area contributed by atoms with E-state index in [1.54, 1.807) is 0 Å². The average Bonchev–Trinajstić information content (AvgIpc) is 2.65. The zero-order chi connectivity index (χ0) is 17.6. The highest BCUT2D eigenvalue weighted by Gasteiger charge is 2.11. The van der Waals surface area contributed by atoms with Crippen LogP contribution in [0.5, 0.6) is 0 Å². The highest BCUT2D eigenvalue weighted by molar-refractivity contribution is 5.94. The largest absolute Gasteiger partial charge is 0.378 e. The summed E-state index contributed by atoms with van der Waals surface area (Å²) in [7, 11) is 0. The quantitative estimate of drug-likeness (QED) is 0.905. The van der Waals surface area contributed by atoms with Crippen LogP contribution in [-0.4, -0.2) is 38.8 Å². The summed E-state index contributed by atoms with van der Waals surface area (Å²) in [6.07, 6.45) is 0.665. The van der Waals surface area contributed by atoms with Crippen molar-refractivity contribution in [3.8, 4) is 0 Å². The molecule has 0 radical (unpaired) electrons. The molecule has 2 aromatic rings. The molecule has 0 bridgehead atoms. The maximum atomic E-state index is 13.2. The lowest BCUT2D eigenvalue weighted by Gasteiger charge is -2.28. The highest BCUT2D eigenvalue weighted by atomic mass is 19.2. The van der Waals surface area contributed by atoms with Crippen LogP contribution in [0.1, 0.15) is 15.9 Å². The summed E-state index contributed by atoms with van der Waals surface area (Å²) in [6.45, 7) is 3.71. The number of anilines is 1. The second kappa shape index (κ2) is 8.07. The second-order valence-corrected chi connectivity index (χ2v) is 5.90. The van der Waals surface area contributed by atoms with E-state index < -0.39 is 17.5 Å².